The maximum absolute atomic E-state index is 13.6. The largest absolute Gasteiger partial charge is 0.320 e. The van der Waals surface area contributed by atoms with Gasteiger partial charge in [-0.1, -0.05) is 12.1 Å². The zero-order valence-corrected chi connectivity index (χ0v) is 13.2. The van der Waals surface area contributed by atoms with E-state index in [4.69, 9.17) is 0 Å². The number of amides is 1. The maximum Gasteiger partial charge on any atom is 0.273 e. The van der Waals surface area contributed by atoms with Gasteiger partial charge in [-0.05, 0) is 48.9 Å². The predicted octanol–water partition coefficient (Wildman–Crippen LogP) is 3.93. The molecule has 0 saturated heterocycles. The summed E-state index contributed by atoms with van der Waals surface area (Å²) < 4.78 is 28.2. The van der Waals surface area contributed by atoms with Gasteiger partial charge in [0.15, 0.2) is 0 Å². The van der Waals surface area contributed by atoms with Gasteiger partial charge < -0.3 is 5.32 Å². The lowest BCUT2D eigenvalue weighted by atomic mass is 10.0. The lowest BCUT2D eigenvalue weighted by molar-refractivity contribution is 0.101. The fraction of sp³-hybridized carbons (Fsp3) is 0.111. The average Bonchev–Trinajstić information content (AvgIpc) is 2.88. The Morgan fingerprint density at radius 1 is 1.04 bits per heavy atom. The fourth-order valence-corrected chi connectivity index (χ4v) is 2.50. The van der Waals surface area contributed by atoms with Crippen molar-refractivity contribution in [2.24, 2.45) is 7.05 Å². The van der Waals surface area contributed by atoms with E-state index in [-0.39, 0.29) is 11.7 Å². The van der Waals surface area contributed by atoms with Crippen molar-refractivity contribution in [3.63, 3.8) is 0 Å². The standard InChI is InChI=1S/C18H15F2N3O/c1-11-9-17(23(2)22-11)18(24)21-16-8-7-14(20)10-15(16)12-3-5-13(19)6-4-12/h3-10H,1-2H3,(H,21,24). The van der Waals surface area contributed by atoms with Crippen molar-refractivity contribution in [3.05, 3.63) is 71.6 Å². The van der Waals surface area contributed by atoms with Crippen molar-refractivity contribution in [2.45, 2.75) is 6.92 Å². The Hall–Kier alpha value is -3.02. The van der Waals surface area contributed by atoms with Crippen LogP contribution in [-0.4, -0.2) is 15.7 Å². The van der Waals surface area contributed by atoms with Crippen LogP contribution in [0.4, 0.5) is 14.5 Å². The fourth-order valence-electron chi connectivity index (χ4n) is 2.50. The smallest absolute Gasteiger partial charge is 0.273 e. The van der Waals surface area contributed by atoms with Gasteiger partial charge in [-0.15, -0.1) is 0 Å². The molecule has 4 nitrogen and oxygen atoms in total. The lowest BCUT2D eigenvalue weighted by Crippen LogP contribution is -2.16. The second-order valence-electron chi connectivity index (χ2n) is 5.45. The summed E-state index contributed by atoms with van der Waals surface area (Å²) >= 11 is 0. The number of aryl methyl sites for hydroxylation is 2. The van der Waals surface area contributed by atoms with Crippen molar-refractivity contribution < 1.29 is 13.6 Å². The van der Waals surface area contributed by atoms with Gasteiger partial charge in [0.1, 0.15) is 17.3 Å². The number of aromatic nitrogens is 2. The first-order valence-corrected chi connectivity index (χ1v) is 7.31. The Morgan fingerprint density at radius 3 is 2.33 bits per heavy atom. The summed E-state index contributed by atoms with van der Waals surface area (Å²) in [4.78, 5) is 12.4. The predicted molar refractivity (Wildman–Crippen MR) is 87.7 cm³/mol. The van der Waals surface area contributed by atoms with Crippen LogP contribution in [0.2, 0.25) is 0 Å². The Bertz CT molecular complexity index is 901. The molecule has 1 amide bonds. The number of nitrogens with zero attached hydrogens (tertiary/aromatic N) is 2. The molecular formula is C18H15F2N3O. The first-order valence-electron chi connectivity index (χ1n) is 7.31. The molecule has 0 aliphatic carbocycles. The lowest BCUT2D eigenvalue weighted by Gasteiger charge is -2.12. The molecule has 3 aromatic rings. The Labute approximate surface area is 137 Å². The highest BCUT2D eigenvalue weighted by atomic mass is 19.1. The second kappa shape index (κ2) is 6.23. The van der Waals surface area contributed by atoms with Gasteiger partial charge in [-0.3, -0.25) is 9.48 Å². The Morgan fingerprint density at radius 2 is 1.71 bits per heavy atom. The number of benzene rings is 2. The minimum absolute atomic E-state index is 0.354. The monoisotopic (exact) mass is 327 g/mol. The third kappa shape index (κ3) is 3.17. The molecule has 0 atom stereocenters. The molecule has 0 aliphatic rings. The minimum atomic E-state index is -0.441. The van der Waals surface area contributed by atoms with E-state index < -0.39 is 5.82 Å². The van der Waals surface area contributed by atoms with Gasteiger partial charge in [0, 0.05) is 18.3 Å². The van der Waals surface area contributed by atoms with E-state index in [0.717, 1.165) is 5.69 Å². The van der Waals surface area contributed by atoms with E-state index in [1.54, 1.807) is 20.0 Å². The molecule has 24 heavy (non-hydrogen) atoms. The number of rotatable bonds is 3. The van der Waals surface area contributed by atoms with Crippen LogP contribution in [0.15, 0.2) is 48.5 Å². The molecule has 0 spiro atoms. The van der Waals surface area contributed by atoms with E-state index in [0.29, 0.717) is 22.5 Å². The molecule has 0 saturated carbocycles. The molecule has 0 radical (unpaired) electrons. The maximum atomic E-state index is 13.6. The third-order valence-corrected chi connectivity index (χ3v) is 3.62. The molecule has 1 heterocycles. The quantitative estimate of drug-likeness (QED) is 0.792. The van der Waals surface area contributed by atoms with Crippen LogP contribution in [0, 0.1) is 18.6 Å². The van der Waals surface area contributed by atoms with Crippen molar-refractivity contribution in [1.82, 2.24) is 9.78 Å². The summed E-state index contributed by atoms with van der Waals surface area (Å²) in [5.41, 5.74) is 2.63. The molecular weight excluding hydrogens is 312 g/mol. The van der Waals surface area contributed by atoms with Gasteiger partial charge in [-0.25, -0.2) is 8.78 Å². The Kier molecular flexibility index (Phi) is 4.12. The van der Waals surface area contributed by atoms with Crippen LogP contribution in [0.1, 0.15) is 16.2 Å². The molecule has 0 fully saturated rings. The molecule has 1 N–H and O–H groups in total. The molecule has 122 valence electrons. The van der Waals surface area contributed by atoms with E-state index in [9.17, 15) is 13.6 Å². The van der Waals surface area contributed by atoms with E-state index in [1.165, 1.54) is 47.1 Å². The van der Waals surface area contributed by atoms with Crippen molar-refractivity contribution >= 4 is 11.6 Å². The number of carbonyl (C=O) groups excluding carboxylic acids is 1. The normalized spacial score (nSPS) is 10.7. The highest BCUT2D eigenvalue weighted by Crippen LogP contribution is 2.29. The highest BCUT2D eigenvalue weighted by Gasteiger charge is 2.15. The first kappa shape index (κ1) is 15.9. The van der Waals surface area contributed by atoms with Gasteiger partial charge in [0.2, 0.25) is 0 Å². The Balaban J connectivity index is 1.98. The van der Waals surface area contributed by atoms with Crippen LogP contribution in [0.5, 0.6) is 0 Å². The van der Waals surface area contributed by atoms with Crippen molar-refractivity contribution in [2.75, 3.05) is 5.32 Å². The van der Waals surface area contributed by atoms with Crippen molar-refractivity contribution in [1.29, 1.82) is 0 Å². The number of nitrogens with one attached hydrogen (secondary N) is 1. The number of halogens is 2. The van der Waals surface area contributed by atoms with Crippen molar-refractivity contribution in [3.8, 4) is 11.1 Å². The summed E-state index contributed by atoms with van der Waals surface area (Å²) in [5.74, 6) is -1.18. The summed E-state index contributed by atoms with van der Waals surface area (Å²) in [6.07, 6.45) is 0. The van der Waals surface area contributed by atoms with Crippen LogP contribution >= 0.6 is 0 Å². The zero-order chi connectivity index (χ0) is 17.3. The van der Waals surface area contributed by atoms with E-state index in [1.807, 2.05) is 0 Å². The van der Waals surface area contributed by atoms with Gasteiger partial charge >= 0.3 is 0 Å². The number of anilines is 1. The summed E-state index contributed by atoms with van der Waals surface area (Å²) in [6.45, 7) is 1.79. The highest BCUT2D eigenvalue weighted by molar-refractivity contribution is 6.05. The van der Waals surface area contributed by atoms with Crippen LogP contribution < -0.4 is 5.32 Å². The van der Waals surface area contributed by atoms with Crippen LogP contribution in [-0.2, 0) is 7.05 Å². The number of hydrogen-bond donors (Lipinski definition) is 1. The molecule has 0 bridgehead atoms. The summed E-state index contributed by atoms with van der Waals surface area (Å²) in [5, 5.41) is 6.89. The third-order valence-electron chi connectivity index (χ3n) is 3.62. The average molecular weight is 327 g/mol. The number of carbonyl (C=O) groups is 1. The molecule has 2 aromatic carbocycles. The molecule has 6 heteroatoms. The molecule has 0 unspecified atom stereocenters. The van der Waals surface area contributed by atoms with Gasteiger partial charge in [0.05, 0.1) is 5.69 Å². The zero-order valence-electron chi connectivity index (χ0n) is 13.2. The first-order chi connectivity index (χ1) is 11.4. The summed E-state index contributed by atoms with van der Waals surface area (Å²) in [7, 11) is 1.67. The molecule has 1 aromatic heterocycles. The SMILES string of the molecule is Cc1cc(C(=O)Nc2ccc(F)cc2-c2ccc(F)cc2)n(C)n1. The number of hydrogen-bond acceptors (Lipinski definition) is 2. The van der Waals surface area contributed by atoms with Crippen LogP contribution in [0.3, 0.4) is 0 Å². The molecule has 0 aliphatic heterocycles. The van der Waals surface area contributed by atoms with E-state index >= 15 is 0 Å². The minimum Gasteiger partial charge on any atom is -0.320 e. The summed E-state index contributed by atoms with van der Waals surface area (Å²) in [6, 6.07) is 11.4. The molecule has 3 rings (SSSR count). The van der Waals surface area contributed by atoms with Gasteiger partial charge in [-0.2, -0.15) is 5.10 Å². The topological polar surface area (TPSA) is 46.9 Å². The van der Waals surface area contributed by atoms with E-state index in [2.05, 4.69) is 10.4 Å². The van der Waals surface area contributed by atoms with Gasteiger partial charge in [0.25, 0.3) is 5.91 Å². The van der Waals surface area contributed by atoms with Crippen LogP contribution in [0.25, 0.3) is 11.1 Å². The second-order valence-corrected chi connectivity index (χ2v) is 5.45.